The van der Waals surface area contributed by atoms with Crippen molar-refractivity contribution >= 4 is 47.0 Å². The number of anilines is 1. The second-order valence-electron chi connectivity index (χ2n) is 5.67. The van der Waals surface area contributed by atoms with E-state index in [0.717, 1.165) is 54.8 Å². The maximum absolute atomic E-state index is 5.63. The molecule has 27 heavy (non-hydrogen) atoms. The summed E-state index contributed by atoms with van der Waals surface area (Å²) in [5.74, 6) is 2.20. The minimum atomic E-state index is 0. The molecule has 0 radical (unpaired) electrons. The van der Waals surface area contributed by atoms with Crippen LogP contribution >= 0.6 is 35.3 Å². The normalized spacial score (nSPS) is 10.9. The monoisotopic (exact) mass is 504 g/mol. The molecular weight excluding hydrogens is 475 g/mol. The fourth-order valence-corrected chi connectivity index (χ4v) is 3.22. The maximum Gasteiger partial charge on any atom is 0.195 e. The van der Waals surface area contributed by atoms with Crippen molar-refractivity contribution in [2.75, 3.05) is 32.1 Å². The highest BCUT2D eigenvalue weighted by Gasteiger charge is 2.07. The third-order valence-corrected chi connectivity index (χ3v) is 4.58. The second-order valence-corrected chi connectivity index (χ2v) is 6.61. The number of thiazole rings is 1. The summed E-state index contributed by atoms with van der Waals surface area (Å²) in [6.07, 6.45) is 1.93. The Morgan fingerprint density at radius 1 is 1.26 bits per heavy atom. The minimum Gasteiger partial charge on any atom is -0.493 e. The van der Waals surface area contributed by atoms with Crippen LogP contribution in [0.5, 0.6) is 11.5 Å². The molecule has 0 atom stereocenters. The molecule has 0 spiro atoms. The van der Waals surface area contributed by atoms with Gasteiger partial charge in [0.15, 0.2) is 17.5 Å². The van der Waals surface area contributed by atoms with Crippen molar-refractivity contribution in [3.8, 4) is 11.5 Å². The topological polar surface area (TPSA) is 67.8 Å². The number of aromatic nitrogens is 1. The average Bonchev–Trinajstić information content (AvgIpc) is 3.05. The van der Waals surface area contributed by atoms with Crippen LogP contribution < -0.4 is 20.1 Å². The van der Waals surface area contributed by atoms with Gasteiger partial charge < -0.3 is 20.1 Å². The zero-order valence-electron chi connectivity index (χ0n) is 16.4. The quantitative estimate of drug-likeness (QED) is 0.228. The molecule has 2 rings (SSSR count). The van der Waals surface area contributed by atoms with E-state index in [0.29, 0.717) is 6.61 Å². The summed E-state index contributed by atoms with van der Waals surface area (Å²) in [6.45, 7) is 8.15. The van der Waals surface area contributed by atoms with Crippen molar-refractivity contribution in [2.45, 2.75) is 33.6 Å². The van der Waals surface area contributed by atoms with Crippen molar-refractivity contribution in [2.24, 2.45) is 4.99 Å². The van der Waals surface area contributed by atoms with Gasteiger partial charge in [0.05, 0.1) is 18.7 Å². The summed E-state index contributed by atoms with van der Waals surface area (Å²) in [5.41, 5.74) is 2.00. The van der Waals surface area contributed by atoms with Crippen molar-refractivity contribution in [3.63, 3.8) is 0 Å². The fourth-order valence-electron chi connectivity index (χ4n) is 2.41. The van der Waals surface area contributed by atoms with Gasteiger partial charge in [0.25, 0.3) is 0 Å². The number of rotatable bonds is 9. The van der Waals surface area contributed by atoms with Crippen LogP contribution in [0.25, 0.3) is 0 Å². The van der Waals surface area contributed by atoms with E-state index in [4.69, 9.17) is 9.47 Å². The number of ether oxygens (including phenoxy) is 2. The summed E-state index contributed by atoms with van der Waals surface area (Å²) < 4.78 is 11.0. The molecule has 1 heterocycles. The number of nitrogens with zero attached hydrogens (tertiary/aromatic N) is 2. The molecule has 0 unspecified atom stereocenters. The van der Waals surface area contributed by atoms with Gasteiger partial charge in [-0.15, -0.1) is 35.3 Å². The van der Waals surface area contributed by atoms with Gasteiger partial charge in [-0.2, -0.15) is 0 Å². The van der Waals surface area contributed by atoms with Gasteiger partial charge in [-0.25, -0.2) is 4.98 Å². The zero-order valence-corrected chi connectivity index (χ0v) is 19.5. The van der Waals surface area contributed by atoms with Crippen LogP contribution in [0.2, 0.25) is 0 Å². The highest BCUT2D eigenvalue weighted by atomic mass is 127. The molecule has 150 valence electrons. The number of aryl methyl sites for hydroxylation is 2. The Bertz CT molecular complexity index is 721. The third-order valence-electron chi connectivity index (χ3n) is 3.56. The Labute approximate surface area is 182 Å². The van der Waals surface area contributed by atoms with Crippen LogP contribution in [0.4, 0.5) is 5.69 Å². The molecule has 8 heteroatoms. The van der Waals surface area contributed by atoms with Crippen molar-refractivity contribution in [3.05, 3.63) is 34.3 Å². The molecule has 0 saturated heterocycles. The molecule has 1 aromatic carbocycles. The van der Waals surface area contributed by atoms with Gasteiger partial charge in [-0.3, -0.25) is 4.99 Å². The lowest BCUT2D eigenvalue weighted by Gasteiger charge is -2.14. The molecule has 6 nitrogen and oxygen atoms in total. The molecule has 0 aliphatic rings. The summed E-state index contributed by atoms with van der Waals surface area (Å²) in [7, 11) is 1.64. The first kappa shape index (κ1) is 23.5. The molecular formula is C19H29IN4O2S. The van der Waals surface area contributed by atoms with Gasteiger partial charge >= 0.3 is 0 Å². The second kappa shape index (κ2) is 12.8. The van der Waals surface area contributed by atoms with Gasteiger partial charge in [-0.1, -0.05) is 0 Å². The maximum atomic E-state index is 5.63. The van der Waals surface area contributed by atoms with Crippen molar-refractivity contribution < 1.29 is 9.47 Å². The number of hydrogen-bond acceptors (Lipinski definition) is 5. The van der Waals surface area contributed by atoms with Gasteiger partial charge in [0, 0.05) is 42.3 Å². The predicted molar refractivity (Wildman–Crippen MR) is 124 cm³/mol. The van der Waals surface area contributed by atoms with E-state index in [-0.39, 0.29) is 24.0 Å². The molecule has 0 aliphatic heterocycles. The van der Waals surface area contributed by atoms with Crippen LogP contribution in [-0.2, 0) is 6.42 Å². The molecule has 1 aromatic heterocycles. The first-order valence-corrected chi connectivity index (χ1v) is 9.81. The molecule has 0 bridgehead atoms. The smallest absolute Gasteiger partial charge is 0.195 e. The molecule has 0 fully saturated rings. The van der Waals surface area contributed by atoms with E-state index >= 15 is 0 Å². The number of benzene rings is 1. The van der Waals surface area contributed by atoms with Gasteiger partial charge in [0.2, 0.25) is 0 Å². The largest absolute Gasteiger partial charge is 0.493 e. The minimum absolute atomic E-state index is 0. The molecule has 0 amide bonds. The Morgan fingerprint density at radius 2 is 2.07 bits per heavy atom. The third kappa shape index (κ3) is 7.92. The first-order valence-electron chi connectivity index (χ1n) is 8.93. The zero-order chi connectivity index (χ0) is 18.8. The molecule has 2 N–H and O–H groups in total. The highest BCUT2D eigenvalue weighted by Crippen LogP contribution is 2.30. The van der Waals surface area contributed by atoms with Crippen LogP contribution in [0.3, 0.4) is 0 Å². The van der Waals surface area contributed by atoms with E-state index in [9.17, 15) is 0 Å². The van der Waals surface area contributed by atoms with E-state index in [1.807, 2.05) is 32.0 Å². The van der Waals surface area contributed by atoms with E-state index in [1.165, 1.54) is 5.01 Å². The Kier molecular flexibility index (Phi) is 11.1. The standard InChI is InChI=1S/C19H28N4O2S.HI/c1-5-20-19(21-11-7-8-18-22-14(3)13-26-18)23-15-9-10-16(24-4)17(12-15)25-6-2;/h9-10,12-13H,5-8,11H2,1-4H3,(H2,20,21,23);1H. The number of halogens is 1. The molecule has 0 saturated carbocycles. The summed E-state index contributed by atoms with van der Waals surface area (Å²) >= 11 is 1.71. The lowest BCUT2D eigenvalue weighted by atomic mass is 10.2. The fraction of sp³-hybridized carbons (Fsp3) is 0.474. The van der Waals surface area contributed by atoms with Gasteiger partial charge in [0.1, 0.15) is 0 Å². The first-order chi connectivity index (χ1) is 12.7. The van der Waals surface area contributed by atoms with Crippen LogP contribution in [0.1, 0.15) is 31.0 Å². The highest BCUT2D eigenvalue weighted by molar-refractivity contribution is 14.0. The van der Waals surface area contributed by atoms with Gasteiger partial charge in [-0.05, 0) is 39.3 Å². The van der Waals surface area contributed by atoms with E-state index < -0.39 is 0 Å². The van der Waals surface area contributed by atoms with Crippen molar-refractivity contribution in [1.82, 2.24) is 10.3 Å². The Morgan fingerprint density at radius 3 is 2.70 bits per heavy atom. The predicted octanol–water partition coefficient (Wildman–Crippen LogP) is 4.49. The number of hydrogen-bond donors (Lipinski definition) is 2. The van der Waals surface area contributed by atoms with E-state index in [1.54, 1.807) is 18.4 Å². The SMILES string of the molecule is CCNC(=NCCCc1nc(C)cs1)Nc1ccc(OC)c(OCC)c1.I. The number of aliphatic imine (C=N–C) groups is 1. The molecule has 0 aliphatic carbocycles. The number of methoxy groups -OCH3 is 1. The number of guanidine groups is 1. The lowest BCUT2D eigenvalue weighted by molar-refractivity contribution is 0.311. The lowest BCUT2D eigenvalue weighted by Crippen LogP contribution is -2.30. The van der Waals surface area contributed by atoms with Crippen LogP contribution in [0, 0.1) is 6.92 Å². The van der Waals surface area contributed by atoms with Crippen LogP contribution in [0.15, 0.2) is 28.6 Å². The Hall–Kier alpha value is -1.55. The number of nitrogens with one attached hydrogen (secondary N) is 2. The van der Waals surface area contributed by atoms with Crippen molar-refractivity contribution in [1.29, 1.82) is 0 Å². The summed E-state index contributed by atoms with van der Waals surface area (Å²) in [6, 6.07) is 5.77. The summed E-state index contributed by atoms with van der Waals surface area (Å²) in [4.78, 5) is 9.14. The molecule has 2 aromatic rings. The van der Waals surface area contributed by atoms with Crippen LogP contribution in [-0.4, -0.2) is 37.7 Å². The Balaban J connectivity index is 0.00000364. The average molecular weight is 504 g/mol. The summed E-state index contributed by atoms with van der Waals surface area (Å²) in [5, 5.41) is 9.85. The van der Waals surface area contributed by atoms with E-state index in [2.05, 4.69) is 32.9 Å².